The Morgan fingerprint density at radius 2 is 1.88 bits per heavy atom. The second-order valence-electron chi connectivity index (χ2n) is 6.50. The van der Waals surface area contributed by atoms with Crippen molar-refractivity contribution in [3.05, 3.63) is 43.0 Å². The smallest absolute Gasteiger partial charge is 0.274 e. The van der Waals surface area contributed by atoms with E-state index in [0.29, 0.717) is 31.0 Å². The van der Waals surface area contributed by atoms with E-state index in [9.17, 15) is 9.59 Å². The summed E-state index contributed by atoms with van der Waals surface area (Å²) in [5.41, 5.74) is 0.506. The minimum absolute atomic E-state index is 0.0546. The number of rotatable bonds is 2. The summed E-state index contributed by atoms with van der Waals surface area (Å²) in [6, 6.07) is 0. The lowest BCUT2D eigenvalue weighted by Gasteiger charge is -2.38. The Morgan fingerprint density at radius 3 is 2.64 bits per heavy atom. The third kappa shape index (κ3) is 2.73. The van der Waals surface area contributed by atoms with E-state index in [0.717, 1.165) is 19.3 Å². The SMILES string of the molecule is O=C(c1cnccn1)N1CCC[C@@]2(CCN(c3cncnc3)C2=O)C1. The van der Waals surface area contributed by atoms with Crippen molar-refractivity contribution in [3.8, 4) is 0 Å². The maximum absolute atomic E-state index is 13.1. The van der Waals surface area contributed by atoms with Crippen LogP contribution in [0.3, 0.4) is 0 Å². The van der Waals surface area contributed by atoms with E-state index in [1.165, 1.54) is 24.9 Å². The van der Waals surface area contributed by atoms with Gasteiger partial charge in [-0.15, -0.1) is 0 Å². The predicted octanol–water partition coefficient (Wildman–Crippen LogP) is 0.926. The van der Waals surface area contributed by atoms with Crippen molar-refractivity contribution in [2.75, 3.05) is 24.5 Å². The molecule has 128 valence electrons. The number of nitrogens with zero attached hydrogens (tertiary/aromatic N) is 6. The number of carbonyl (C=O) groups excluding carboxylic acids is 2. The third-order valence-electron chi connectivity index (χ3n) is 5.02. The average molecular weight is 338 g/mol. The van der Waals surface area contributed by atoms with Gasteiger partial charge in [0.2, 0.25) is 5.91 Å². The van der Waals surface area contributed by atoms with E-state index in [2.05, 4.69) is 19.9 Å². The van der Waals surface area contributed by atoms with E-state index in [-0.39, 0.29) is 11.8 Å². The molecule has 2 saturated heterocycles. The minimum Gasteiger partial charge on any atom is -0.336 e. The van der Waals surface area contributed by atoms with Crippen molar-refractivity contribution >= 4 is 17.5 Å². The van der Waals surface area contributed by atoms with Crippen LogP contribution in [-0.2, 0) is 4.79 Å². The molecule has 4 rings (SSSR count). The van der Waals surface area contributed by atoms with Gasteiger partial charge in [-0.1, -0.05) is 0 Å². The highest BCUT2D eigenvalue weighted by Gasteiger charge is 2.50. The lowest BCUT2D eigenvalue weighted by Crippen LogP contribution is -2.50. The van der Waals surface area contributed by atoms with Crippen molar-refractivity contribution in [2.24, 2.45) is 5.41 Å². The van der Waals surface area contributed by atoms with Crippen LogP contribution in [0.4, 0.5) is 5.69 Å². The zero-order valence-electron chi connectivity index (χ0n) is 13.7. The van der Waals surface area contributed by atoms with Crippen molar-refractivity contribution in [1.29, 1.82) is 0 Å². The van der Waals surface area contributed by atoms with Crippen LogP contribution in [0.15, 0.2) is 37.3 Å². The largest absolute Gasteiger partial charge is 0.336 e. The quantitative estimate of drug-likeness (QED) is 0.809. The molecular formula is C17H18N6O2. The molecule has 0 bridgehead atoms. The van der Waals surface area contributed by atoms with Crippen LogP contribution in [0.2, 0.25) is 0 Å². The van der Waals surface area contributed by atoms with Crippen LogP contribution >= 0.6 is 0 Å². The average Bonchev–Trinajstić information content (AvgIpc) is 2.98. The molecule has 0 aliphatic carbocycles. The van der Waals surface area contributed by atoms with Gasteiger partial charge in [-0.2, -0.15) is 0 Å². The van der Waals surface area contributed by atoms with Crippen molar-refractivity contribution in [3.63, 3.8) is 0 Å². The van der Waals surface area contributed by atoms with Crippen LogP contribution < -0.4 is 4.90 Å². The number of amides is 2. The summed E-state index contributed by atoms with van der Waals surface area (Å²) in [6.45, 7) is 1.68. The van der Waals surface area contributed by atoms with Crippen molar-refractivity contribution in [2.45, 2.75) is 19.3 Å². The molecule has 2 aliphatic rings. The molecule has 1 spiro atoms. The molecule has 0 N–H and O–H groups in total. The highest BCUT2D eigenvalue weighted by atomic mass is 16.2. The molecule has 2 aromatic heterocycles. The number of hydrogen-bond acceptors (Lipinski definition) is 6. The lowest BCUT2D eigenvalue weighted by molar-refractivity contribution is -0.127. The first-order valence-electron chi connectivity index (χ1n) is 8.32. The van der Waals surface area contributed by atoms with Crippen LogP contribution in [-0.4, -0.2) is 56.3 Å². The van der Waals surface area contributed by atoms with E-state index < -0.39 is 5.41 Å². The molecule has 4 heterocycles. The first kappa shape index (κ1) is 15.6. The van der Waals surface area contributed by atoms with Crippen LogP contribution in [0.5, 0.6) is 0 Å². The Kier molecular flexibility index (Phi) is 3.87. The number of hydrogen-bond donors (Lipinski definition) is 0. The fourth-order valence-electron chi connectivity index (χ4n) is 3.75. The Balaban J connectivity index is 1.55. The second-order valence-corrected chi connectivity index (χ2v) is 6.50. The van der Waals surface area contributed by atoms with Gasteiger partial charge in [0.05, 0.1) is 29.7 Å². The summed E-state index contributed by atoms with van der Waals surface area (Å²) in [6.07, 6.45) is 11.6. The molecule has 1 atom stereocenters. The predicted molar refractivity (Wildman–Crippen MR) is 88.6 cm³/mol. The topological polar surface area (TPSA) is 92.2 Å². The summed E-state index contributed by atoms with van der Waals surface area (Å²) < 4.78 is 0. The van der Waals surface area contributed by atoms with Gasteiger partial charge in [-0.3, -0.25) is 14.6 Å². The maximum Gasteiger partial charge on any atom is 0.274 e. The first-order chi connectivity index (χ1) is 12.2. The molecule has 0 saturated carbocycles. The fraction of sp³-hybridized carbons (Fsp3) is 0.412. The normalized spacial score (nSPS) is 23.3. The Hall–Kier alpha value is -2.90. The Labute approximate surface area is 144 Å². The number of likely N-dealkylation sites (tertiary alicyclic amines) is 1. The van der Waals surface area contributed by atoms with E-state index >= 15 is 0 Å². The molecule has 8 heteroatoms. The van der Waals surface area contributed by atoms with E-state index in [1.807, 2.05) is 0 Å². The highest BCUT2D eigenvalue weighted by molar-refractivity contribution is 6.00. The van der Waals surface area contributed by atoms with Crippen molar-refractivity contribution in [1.82, 2.24) is 24.8 Å². The zero-order valence-corrected chi connectivity index (χ0v) is 13.7. The number of anilines is 1. The molecule has 2 amide bonds. The van der Waals surface area contributed by atoms with Gasteiger partial charge in [0.25, 0.3) is 5.91 Å². The zero-order chi connectivity index (χ0) is 17.3. The standard InChI is InChI=1S/C17H18N6O2/c24-15(14-10-18-4-5-21-14)22-6-1-2-17(11-22)3-7-23(16(17)25)13-8-19-12-20-9-13/h4-5,8-10,12H,1-3,6-7,11H2/t17-/m1/s1. The molecule has 0 unspecified atom stereocenters. The minimum atomic E-state index is -0.522. The van der Waals surface area contributed by atoms with Gasteiger partial charge < -0.3 is 9.80 Å². The highest BCUT2D eigenvalue weighted by Crippen LogP contribution is 2.41. The van der Waals surface area contributed by atoms with Gasteiger partial charge >= 0.3 is 0 Å². The molecule has 8 nitrogen and oxygen atoms in total. The summed E-state index contributed by atoms with van der Waals surface area (Å²) in [5.74, 6) is -0.111. The molecular weight excluding hydrogens is 320 g/mol. The molecule has 2 aliphatic heterocycles. The fourth-order valence-corrected chi connectivity index (χ4v) is 3.75. The molecule has 0 aromatic carbocycles. The van der Waals surface area contributed by atoms with Gasteiger partial charge in [-0.05, 0) is 19.3 Å². The monoisotopic (exact) mass is 338 g/mol. The maximum atomic E-state index is 13.1. The van der Waals surface area contributed by atoms with E-state index in [1.54, 1.807) is 22.2 Å². The molecule has 0 radical (unpaired) electrons. The molecule has 2 fully saturated rings. The summed E-state index contributed by atoms with van der Waals surface area (Å²) in [7, 11) is 0. The van der Waals surface area contributed by atoms with Gasteiger partial charge in [0.15, 0.2) is 0 Å². The second kappa shape index (κ2) is 6.19. The summed E-state index contributed by atoms with van der Waals surface area (Å²) in [5, 5.41) is 0. The van der Waals surface area contributed by atoms with Crippen molar-refractivity contribution < 1.29 is 9.59 Å². The van der Waals surface area contributed by atoms with Crippen LogP contribution in [0, 0.1) is 5.41 Å². The first-order valence-corrected chi connectivity index (χ1v) is 8.32. The molecule has 2 aromatic rings. The lowest BCUT2D eigenvalue weighted by atomic mass is 9.78. The third-order valence-corrected chi connectivity index (χ3v) is 5.02. The molecule has 25 heavy (non-hydrogen) atoms. The number of aromatic nitrogens is 4. The summed E-state index contributed by atoms with van der Waals surface area (Å²) >= 11 is 0. The van der Waals surface area contributed by atoms with E-state index in [4.69, 9.17) is 0 Å². The van der Waals surface area contributed by atoms with Crippen LogP contribution in [0.1, 0.15) is 29.8 Å². The van der Waals surface area contributed by atoms with Gasteiger partial charge in [-0.25, -0.2) is 15.0 Å². The van der Waals surface area contributed by atoms with Crippen LogP contribution in [0.25, 0.3) is 0 Å². The number of piperidine rings is 1. The number of carbonyl (C=O) groups is 2. The summed E-state index contributed by atoms with van der Waals surface area (Å²) in [4.78, 5) is 45.3. The Morgan fingerprint density at radius 1 is 1.04 bits per heavy atom. The van der Waals surface area contributed by atoms with Gasteiger partial charge in [0.1, 0.15) is 12.0 Å². The van der Waals surface area contributed by atoms with Gasteiger partial charge in [0, 0.05) is 32.0 Å². The Bertz CT molecular complexity index is 784.